The highest BCUT2D eigenvalue weighted by Crippen LogP contribution is 2.51. The van der Waals surface area contributed by atoms with Crippen molar-refractivity contribution in [3.8, 4) is 22.6 Å². The van der Waals surface area contributed by atoms with E-state index in [0.29, 0.717) is 0 Å². The number of para-hydroxylation sites is 6. The van der Waals surface area contributed by atoms with E-state index in [2.05, 4.69) is 71.6 Å². The maximum atomic E-state index is 6.72. The van der Waals surface area contributed by atoms with Gasteiger partial charge in [0.2, 0.25) is 0 Å². The average molecular weight is 516 g/mol. The van der Waals surface area contributed by atoms with Crippen LogP contribution in [0.5, 0.6) is 11.5 Å². The summed E-state index contributed by atoms with van der Waals surface area (Å²) in [5, 5.41) is 4.26. The number of furan rings is 2. The smallest absolute Gasteiger partial charge is 0.151 e. The highest BCUT2D eigenvalue weighted by Gasteiger charge is 2.26. The molecule has 0 atom stereocenters. The summed E-state index contributed by atoms with van der Waals surface area (Å²) in [6.45, 7) is 0. The van der Waals surface area contributed by atoms with Gasteiger partial charge in [0.05, 0.1) is 16.8 Å². The standard InChI is InChI=1S/C36H21NO3/c1-4-16-30-27(11-1)34-33(38-30)20-19-26-25-13-8-12-24(35(25)40-36(26)34)22-9-7-10-23(21-22)37-28-14-2-5-17-31(28)39-32-18-6-3-15-29(32)37/h1-21H. The highest BCUT2D eigenvalue weighted by molar-refractivity contribution is 6.23. The summed E-state index contributed by atoms with van der Waals surface area (Å²) in [4.78, 5) is 2.26. The molecule has 0 unspecified atom stereocenters. The number of hydrogen-bond acceptors (Lipinski definition) is 4. The Morgan fingerprint density at radius 1 is 0.475 bits per heavy atom. The summed E-state index contributed by atoms with van der Waals surface area (Å²) in [5.41, 5.74) is 8.63. The van der Waals surface area contributed by atoms with Crippen LogP contribution in [0.4, 0.5) is 17.1 Å². The molecule has 4 nitrogen and oxygen atoms in total. The van der Waals surface area contributed by atoms with Gasteiger partial charge in [-0.2, -0.15) is 0 Å². The van der Waals surface area contributed by atoms with Gasteiger partial charge in [-0.15, -0.1) is 0 Å². The minimum absolute atomic E-state index is 0.834. The summed E-state index contributed by atoms with van der Waals surface area (Å²) in [6.07, 6.45) is 0. The van der Waals surface area contributed by atoms with E-state index in [1.54, 1.807) is 0 Å². The van der Waals surface area contributed by atoms with Crippen molar-refractivity contribution in [1.29, 1.82) is 0 Å². The second-order valence-electron chi connectivity index (χ2n) is 10.1. The third kappa shape index (κ3) is 2.96. The number of ether oxygens (including phenoxy) is 1. The number of rotatable bonds is 2. The van der Waals surface area contributed by atoms with Crippen LogP contribution in [-0.2, 0) is 0 Å². The lowest BCUT2D eigenvalue weighted by Gasteiger charge is -2.33. The van der Waals surface area contributed by atoms with Gasteiger partial charge in [0.1, 0.15) is 22.3 Å². The van der Waals surface area contributed by atoms with E-state index >= 15 is 0 Å². The van der Waals surface area contributed by atoms with Gasteiger partial charge in [-0.3, -0.25) is 0 Å². The fourth-order valence-electron chi connectivity index (χ4n) is 6.09. The zero-order valence-electron chi connectivity index (χ0n) is 21.3. The molecule has 1 aliphatic heterocycles. The first-order valence-corrected chi connectivity index (χ1v) is 13.4. The van der Waals surface area contributed by atoms with Crippen molar-refractivity contribution < 1.29 is 13.6 Å². The lowest BCUT2D eigenvalue weighted by molar-refractivity contribution is 0.477. The molecular weight excluding hydrogens is 494 g/mol. The summed E-state index contributed by atoms with van der Waals surface area (Å²) in [5.74, 6) is 1.67. The summed E-state index contributed by atoms with van der Waals surface area (Å²) in [6, 6.07) is 43.6. The van der Waals surface area contributed by atoms with Gasteiger partial charge in [-0.25, -0.2) is 0 Å². The molecule has 0 amide bonds. The first kappa shape index (κ1) is 21.5. The first-order chi connectivity index (χ1) is 19.8. The Bertz CT molecular complexity index is 2230. The maximum absolute atomic E-state index is 6.72. The average Bonchev–Trinajstić information content (AvgIpc) is 3.58. The number of benzene rings is 6. The molecule has 2 aromatic heterocycles. The fraction of sp³-hybridized carbons (Fsp3) is 0. The van der Waals surface area contributed by atoms with E-state index in [9.17, 15) is 0 Å². The highest BCUT2D eigenvalue weighted by atomic mass is 16.5. The van der Waals surface area contributed by atoms with Crippen LogP contribution in [0.1, 0.15) is 0 Å². The van der Waals surface area contributed by atoms with Gasteiger partial charge < -0.3 is 18.5 Å². The molecule has 0 spiro atoms. The van der Waals surface area contributed by atoms with Gasteiger partial charge in [0.15, 0.2) is 11.5 Å². The Labute approximate surface area is 229 Å². The molecule has 188 valence electrons. The summed E-state index contributed by atoms with van der Waals surface area (Å²) >= 11 is 0. The van der Waals surface area contributed by atoms with Crippen LogP contribution in [0, 0.1) is 0 Å². The predicted octanol–water partition coefficient (Wildman–Crippen LogP) is 10.7. The second-order valence-corrected chi connectivity index (χ2v) is 10.1. The van der Waals surface area contributed by atoms with E-state index < -0.39 is 0 Å². The zero-order chi connectivity index (χ0) is 26.2. The Hall–Kier alpha value is -5.48. The van der Waals surface area contributed by atoms with Crippen molar-refractivity contribution in [1.82, 2.24) is 0 Å². The minimum Gasteiger partial charge on any atom is -0.456 e. The van der Waals surface area contributed by atoms with Crippen LogP contribution >= 0.6 is 0 Å². The van der Waals surface area contributed by atoms with Crippen molar-refractivity contribution >= 4 is 60.9 Å². The van der Waals surface area contributed by atoms with Gasteiger partial charge in [0, 0.05) is 27.4 Å². The Kier molecular flexibility index (Phi) is 4.30. The molecule has 0 aliphatic carbocycles. The first-order valence-electron chi connectivity index (χ1n) is 13.4. The Balaban J connectivity index is 1.27. The molecule has 4 heteroatoms. The molecule has 1 aliphatic rings. The zero-order valence-corrected chi connectivity index (χ0v) is 21.3. The third-order valence-corrected chi connectivity index (χ3v) is 7.85. The number of nitrogens with zero attached hydrogens (tertiary/aromatic N) is 1. The van der Waals surface area contributed by atoms with Crippen molar-refractivity contribution in [2.45, 2.75) is 0 Å². The van der Waals surface area contributed by atoms with E-state index in [4.69, 9.17) is 13.6 Å². The summed E-state index contributed by atoms with van der Waals surface area (Å²) in [7, 11) is 0. The second kappa shape index (κ2) is 8.01. The molecule has 0 saturated heterocycles. The SMILES string of the molecule is c1cc(-c2cccc3c2oc2c3ccc3oc4ccccc4c32)cc(N2c3ccccc3Oc3ccccc32)c1. The normalized spacial score (nSPS) is 12.7. The fourth-order valence-corrected chi connectivity index (χ4v) is 6.09. The third-order valence-electron chi connectivity index (χ3n) is 7.85. The predicted molar refractivity (Wildman–Crippen MR) is 161 cm³/mol. The van der Waals surface area contributed by atoms with E-state index in [1.807, 2.05) is 60.7 Å². The van der Waals surface area contributed by atoms with Crippen LogP contribution in [0.25, 0.3) is 55.0 Å². The lowest BCUT2D eigenvalue weighted by Crippen LogP contribution is -2.15. The molecule has 6 aromatic carbocycles. The largest absolute Gasteiger partial charge is 0.456 e. The topological polar surface area (TPSA) is 38.8 Å². The van der Waals surface area contributed by atoms with E-state index in [1.165, 1.54) is 0 Å². The molecule has 8 aromatic rings. The lowest BCUT2D eigenvalue weighted by atomic mass is 10.0. The number of anilines is 3. The molecule has 0 fully saturated rings. The number of hydrogen-bond donors (Lipinski definition) is 0. The minimum atomic E-state index is 0.834. The van der Waals surface area contributed by atoms with Crippen LogP contribution in [0.3, 0.4) is 0 Å². The molecule has 40 heavy (non-hydrogen) atoms. The van der Waals surface area contributed by atoms with Crippen molar-refractivity contribution in [3.05, 3.63) is 127 Å². The molecule has 0 radical (unpaired) electrons. The van der Waals surface area contributed by atoms with Crippen LogP contribution in [0.2, 0.25) is 0 Å². The Morgan fingerprint density at radius 3 is 2.02 bits per heavy atom. The van der Waals surface area contributed by atoms with Gasteiger partial charge in [-0.05, 0) is 60.2 Å². The van der Waals surface area contributed by atoms with Crippen molar-refractivity contribution in [3.63, 3.8) is 0 Å². The van der Waals surface area contributed by atoms with Gasteiger partial charge in [0.25, 0.3) is 0 Å². The van der Waals surface area contributed by atoms with Gasteiger partial charge >= 0.3 is 0 Å². The molecule has 0 N–H and O–H groups in total. The van der Waals surface area contributed by atoms with Crippen LogP contribution < -0.4 is 9.64 Å². The molecule has 0 bridgehead atoms. The quantitative estimate of drug-likeness (QED) is 0.229. The van der Waals surface area contributed by atoms with E-state index in [-0.39, 0.29) is 0 Å². The summed E-state index contributed by atoms with van der Waals surface area (Å²) < 4.78 is 19.1. The van der Waals surface area contributed by atoms with Gasteiger partial charge in [-0.1, -0.05) is 72.8 Å². The maximum Gasteiger partial charge on any atom is 0.151 e. The molecule has 9 rings (SSSR count). The Morgan fingerprint density at radius 2 is 1.18 bits per heavy atom. The van der Waals surface area contributed by atoms with Crippen molar-refractivity contribution in [2.75, 3.05) is 4.90 Å². The molecule has 0 saturated carbocycles. The number of fused-ring (bicyclic) bond motifs is 9. The molecule has 3 heterocycles. The van der Waals surface area contributed by atoms with Crippen molar-refractivity contribution in [2.24, 2.45) is 0 Å². The van der Waals surface area contributed by atoms with Crippen LogP contribution in [0.15, 0.2) is 136 Å². The molecular formula is C36H21NO3. The monoisotopic (exact) mass is 515 g/mol. The van der Waals surface area contributed by atoms with E-state index in [0.717, 1.165) is 83.6 Å². The van der Waals surface area contributed by atoms with Crippen LogP contribution in [-0.4, -0.2) is 0 Å².